The summed E-state index contributed by atoms with van der Waals surface area (Å²) in [5, 5.41) is 7.83. The molecule has 0 saturated carbocycles. The lowest BCUT2D eigenvalue weighted by Gasteiger charge is -2.02. The van der Waals surface area contributed by atoms with E-state index >= 15 is 0 Å². The molecule has 0 aliphatic rings. The average Bonchev–Trinajstić information content (AvgIpc) is 3.25. The lowest BCUT2D eigenvalue weighted by atomic mass is 10.3. The summed E-state index contributed by atoms with van der Waals surface area (Å²) in [6.45, 7) is 2.18. The third-order valence-corrected chi connectivity index (χ3v) is 6.41. The summed E-state index contributed by atoms with van der Waals surface area (Å²) in [4.78, 5) is 5.16. The molecule has 0 atom stereocenters. The molecular weight excluding hydrogens is 348 g/mol. The quantitative estimate of drug-likeness (QED) is 0.691. The van der Waals surface area contributed by atoms with Crippen LogP contribution in [0.2, 0.25) is 0 Å². The molecule has 0 spiro atoms. The van der Waals surface area contributed by atoms with Gasteiger partial charge in [-0.05, 0) is 30.7 Å². The van der Waals surface area contributed by atoms with E-state index in [9.17, 15) is 8.42 Å². The van der Waals surface area contributed by atoms with Crippen LogP contribution in [0.25, 0.3) is 11.6 Å². The first-order chi connectivity index (χ1) is 11.6. The molecular formula is C15H16N4O3S2. The van der Waals surface area contributed by atoms with Gasteiger partial charge >= 0.3 is 0 Å². The molecule has 0 aromatic carbocycles. The smallest absolute Gasteiger partial charge is 0.266 e. The normalized spacial score (nSPS) is 11.7. The number of pyridine rings is 1. The van der Waals surface area contributed by atoms with Gasteiger partial charge in [0.25, 0.3) is 5.89 Å². The molecule has 0 bridgehead atoms. The molecule has 0 saturated heterocycles. The number of sulfonamides is 1. The number of aromatic nitrogens is 3. The van der Waals surface area contributed by atoms with Crippen LogP contribution in [-0.2, 0) is 22.9 Å². The average molecular weight is 364 g/mol. The first-order valence-electron chi connectivity index (χ1n) is 7.40. The van der Waals surface area contributed by atoms with Crippen LogP contribution in [0.4, 0.5) is 0 Å². The van der Waals surface area contributed by atoms with Gasteiger partial charge in [-0.25, -0.2) is 13.1 Å². The van der Waals surface area contributed by atoms with Gasteiger partial charge in [-0.2, -0.15) is 0 Å². The molecule has 7 nitrogen and oxygen atoms in total. The van der Waals surface area contributed by atoms with Crippen LogP contribution in [0.1, 0.15) is 17.7 Å². The summed E-state index contributed by atoms with van der Waals surface area (Å²) in [7, 11) is -3.50. The van der Waals surface area contributed by atoms with Crippen molar-refractivity contribution in [1.29, 1.82) is 0 Å². The molecule has 0 unspecified atom stereocenters. The van der Waals surface area contributed by atoms with Crippen LogP contribution < -0.4 is 4.72 Å². The summed E-state index contributed by atoms with van der Waals surface area (Å²) in [5.41, 5.74) is 0.586. The van der Waals surface area contributed by atoms with Gasteiger partial charge in [0.1, 0.15) is 9.90 Å². The minimum absolute atomic E-state index is 0.186. The van der Waals surface area contributed by atoms with Crippen molar-refractivity contribution >= 4 is 21.4 Å². The largest absolute Gasteiger partial charge is 0.419 e. The van der Waals surface area contributed by atoms with Gasteiger partial charge in [0.15, 0.2) is 0 Å². The number of nitrogens with zero attached hydrogens (tertiary/aromatic N) is 3. The van der Waals surface area contributed by atoms with Crippen LogP contribution in [0, 0.1) is 0 Å². The van der Waals surface area contributed by atoms with Crippen molar-refractivity contribution in [1.82, 2.24) is 19.9 Å². The van der Waals surface area contributed by atoms with E-state index in [1.54, 1.807) is 24.4 Å². The van der Waals surface area contributed by atoms with Gasteiger partial charge in [-0.15, -0.1) is 21.5 Å². The highest BCUT2D eigenvalue weighted by Crippen LogP contribution is 2.21. The van der Waals surface area contributed by atoms with Crippen molar-refractivity contribution in [3.05, 3.63) is 47.3 Å². The lowest BCUT2D eigenvalue weighted by molar-refractivity contribution is 0.500. The maximum Gasteiger partial charge on any atom is 0.266 e. The SMILES string of the molecule is CCc1ccc(S(=O)(=O)NCCc2nnc(-c3ccccn3)o2)s1. The monoisotopic (exact) mass is 364 g/mol. The first kappa shape index (κ1) is 16.7. The minimum atomic E-state index is -3.50. The second-order valence-corrected chi connectivity index (χ2v) is 8.10. The Hall–Kier alpha value is -2.10. The van der Waals surface area contributed by atoms with Crippen molar-refractivity contribution in [2.45, 2.75) is 24.0 Å². The first-order valence-corrected chi connectivity index (χ1v) is 9.70. The molecule has 1 N–H and O–H groups in total. The van der Waals surface area contributed by atoms with E-state index < -0.39 is 10.0 Å². The molecule has 0 radical (unpaired) electrons. The van der Waals surface area contributed by atoms with Gasteiger partial charge in [-0.3, -0.25) is 4.98 Å². The number of aryl methyl sites for hydroxylation is 1. The fourth-order valence-electron chi connectivity index (χ4n) is 2.00. The highest BCUT2D eigenvalue weighted by Gasteiger charge is 2.17. The van der Waals surface area contributed by atoms with Gasteiger partial charge in [0, 0.05) is 24.0 Å². The summed E-state index contributed by atoms with van der Waals surface area (Å²) in [6.07, 6.45) is 2.77. The van der Waals surface area contributed by atoms with Crippen LogP contribution in [0.3, 0.4) is 0 Å². The Kier molecular flexibility index (Phi) is 5.03. The highest BCUT2D eigenvalue weighted by atomic mass is 32.2. The number of hydrogen-bond acceptors (Lipinski definition) is 7. The Labute approximate surface area is 143 Å². The summed E-state index contributed by atoms with van der Waals surface area (Å²) in [5.74, 6) is 0.679. The Bertz CT molecular complexity index is 904. The molecule has 24 heavy (non-hydrogen) atoms. The summed E-state index contributed by atoms with van der Waals surface area (Å²) < 4.78 is 32.8. The van der Waals surface area contributed by atoms with E-state index in [2.05, 4.69) is 19.9 Å². The highest BCUT2D eigenvalue weighted by molar-refractivity contribution is 7.91. The molecule has 3 aromatic heterocycles. The van der Waals surface area contributed by atoms with E-state index in [4.69, 9.17) is 4.42 Å². The zero-order chi connectivity index (χ0) is 17.0. The van der Waals surface area contributed by atoms with Crippen LogP contribution in [-0.4, -0.2) is 30.1 Å². The third kappa shape index (κ3) is 3.86. The second-order valence-electron chi connectivity index (χ2n) is 4.94. The number of rotatable bonds is 7. The maximum atomic E-state index is 12.2. The van der Waals surface area contributed by atoms with Crippen molar-refractivity contribution in [2.24, 2.45) is 0 Å². The van der Waals surface area contributed by atoms with Gasteiger partial charge in [-0.1, -0.05) is 13.0 Å². The van der Waals surface area contributed by atoms with E-state index in [1.807, 2.05) is 19.1 Å². The molecule has 3 heterocycles. The van der Waals surface area contributed by atoms with Crippen molar-refractivity contribution in [2.75, 3.05) is 6.54 Å². The van der Waals surface area contributed by atoms with Crippen molar-refractivity contribution in [3.63, 3.8) is 0 Å². The maximum absolute atomic E-state index is 12.2. The Morgan fingerprint density at radius 3 is 2.79 bits per heavy atom. The van der Waals surface area contributed by atoms with Crippen molar-refractivity contribution < 1.29 is 12.8 Å². The molecule has 3 aromatic rings. The predicted octanol–water partition coefficient (Wildman–Crippen LogP) is 2.28. The van der Waals surface area contributed by atoms with E-state index in [0.717, 1.165) is 11.3 Å². The molecule has 0 amide bonds. The summed E-state index contributed by atoms with van der Waals surface area (Å²) >= 11 is 1.28. The zero-order valence-corrected chi connectivity index (χ0v) is 14.6. The van der Waals surface area contributed by atoms with E-state index in [1.165, 1.54) is 11.3 Å². The minimum Gasteiger partial charge on any atom is -0.419 e. The fourth-order valence-corrected chi connectivity index (χ4v) is 4.38. The zero-order valence-electron chi connectivity index (χ0n) is 13.0. The number of nitrogens with one attached hydrogen (secondary N) is 1. The van der Waals surface area contributed by atoms with Crippen molar-refractivity contribution in [3.8, 4) is 11.6 Å². The van der Waals surface area contributed by atoms with Gasteiger partial charge in [0.2, 0.25) is 15.9 Å². The molecule has 0 fully saturated rings. The standard InChI is InChI=1S/C15H16N4O3S2/c1-2-11-6-7-14(23-11)24(20,21)17-10-8-13-18-19-15(22-13)12-5-3-4-9-16-12/h3-7,9,17H,2,8,10H2,1H3. The van der Waals surface area contributed by atoms with Gasteiger partial charge < -0.3 is 4.42 Å². The fraction of sp³-hybridized carbons (Fsp3) is 0.267. The van der Waals surface area contributed by atoms with E-state index in [-0.39, 0.29) is 6.54 Å². The Morgan fingerprint density at radius 2 is 2.08 bits per heavy atom. The second kappa shape index (κ2) is 7.20. The predicted molar refractivity (Wildman–Crippen MR) is 90.1 cm³/mol. The molecule has 126 valence electrons. The Morgan fingerprint density at radius 1 is 1.21 bits per heavy atom. The van der Waals surface area contributed by atoms with Crippen LogP contribution in [0.5, 0.6) is 0 Å². The topological polar surface area (TPSA) is 98.0 Å². The van der Waals surface area contributed by atoms with Crippen LogP contribution in [0.15, 0.2) is 45.2 Å². The van der Waals surface area contributed by atoms with E-state index in [0.29, 0.717) is 28.1 Å². The van der Waals surface area contributed by atoms with Crippen LogP contribution >= 0.6 is 11.3 Å². The molecule has 3 rings (SSSR count). The van der Waals surface area contributed by atoms with Gasteiger partial charge in [0.05, 0.1) is 0 Å². The lowest BCUT2D eigenvalue weighted by Crippen LogP contribution is -2.25. The molecule has 0 aliphatic carbocycles. The summed E-state index contributed by atoms with van der Waals surface area (Å²) in [6, 6.07) is 8.84. The molecule has 0 aliphatic heterocycles. The Balaban J connectivity index is 1.59. The molecule has 9 heteroatoms. The number of thiophene rings is 1. The third-order valence-electron chi connectivity index (χ3n) is 3.23. The number of hydrogen-bond donors (Lipinski definition) is 1.